The topological polar surface area (TPSA) is 51.2 Å². The van der Waals surface area contributed by atoms with Gasteiger partial charge in [0, 0.05) is 28.7 Å². The summed E-state index contributed by atoms with van der Waals surface area (Å²) in [6, 6.07) is 6.75. The Hall–Kier alpha value is -2.29. The first kappa shape index (κ1) is 10.8. The summed E-state index contributed by atoms with van der Waals surface area (Å²) in [5.74, 6) is -0.446. The van der Waals surface area contributed by atoms with Crippen LogP contribution in [-0.4, -0.2) is 17.3 Å². The molecule has 0 aromatic heterocycles. The second-order valence-electron chi connectivity index (χ2n) is 4.52. The molecule has 0 bridgehead atoms. The molecule has 2 aliphatic rings. The van der Waals surface area contributed by atoms with Crippen LogP contribution >= 0.6 is 0 Å². The minimum atomic E-state index is -0.197. The highest BCUT2D eigenvalue weighted by molar-refractivity contribution is 6.30. The van der Waals surface area contributed by atoms with E-state index in [1.54, 1.807) is 31.2 Å². The van der Waals surface area contributed by atoms with Crippen LogP contribution in [0.4, 0.5) is 0 Å². The minimum Gasteiger partial charge on any atom is -0.294 e. The van der Waals surface area contributed by atoms with Gasteiger partial charge in [0.2, 0.25) is 0 Å². The minimum absolute atomic E-state index is 0.0383. The Morgan fingerprint density at radius 1 is 0.944 bits per heavy atom. The first-order valence-corrected chi connectivity index (χ1v) is 5.72. The Morgan fingerprint density at radius 3 is 2.22 bits per heavy atom. The van der Waals surface area contributed by atoms with Crippen molar-refractivity contribution in [3.05, 3.63) is 58.2 Å². The highest BCUT2D eigenvalue weighted by atomic mass is 16.1. The van der Waals surface area contributed by atoms with Crippen molar-refractivity contribution in [1.82, 2.24) is 0 Å². The Labute approximate surface area is 104 Å². The molecule has 1 aromatic rings. The van der Waals surface area contributed by atoms with Crippen LogP contribution in [0.3, 0.4) is 0 Å². The van der Waals surface area contributed by atoms with Gasteiger partial charge in [0.1, 0.15) is 0 Å². The Bertz CT molecular complexity index is 675. The summed E-state index contributed by atoms with van der Waals surface area (Å²) >= 11 is 0. The lowest BCUT2D eigenvalue weighted by molar-refractivity contribution is -0.115. The smallest absolute Gasteiger partial charge is 0.194 e. The summed E-state index contributed by atoms with van der Waals surface area (Å²) in [4.78, 5) is 36.2. The maximum atomic E-state index is 12.3. The molecule has 3 nitrogen and oxygen atoms in total. The molecule has 88 valence electrons. The molecule has 3 heteroatoms. The second-order valence-corrected chi connectivity index (χ2v) is 4.52. The molecule has 18 heavy (non-hydrogen) atoms. The number of benzene rings is 1. The summed E-state index contributed by atoms with van der Waals surface area (Å²) in [5, 5.41) is 0. The first-order chi connectivity index (χ1) is 8.59. The van der Waals surface area contributed by atoms with Crippen LogP contribution in [0.5, 0.6) is 0 Å². The van der Waals surface area contributed by atoms with Gasteiger partial charge in [-0.1, -0.05) is 24.3 Å². The van der Waals surface area contributed by atoms with Crippen LogP contribution < -0.4 is 0 Å². The predicted molar refractivity (Wildman–Crippen MR) is 65.5 cm³/mol. The van der Waals surface area contributed by atoms with E-state index in [9.17, 15) is 14.4 Å². The molecule has 2 aliphatic carbocycles. The molecule has 0 spiro atoms. The molecule has 0 heterocycles. The molecule has 0 radical (unpaired) electrons. The maximum absolute atomic E-state index is 12.3. The van der Waals surface area contributed by atoms with E-state index in [4.69, 9.17) is 0 Å². The van der Waals surface area contributed by atoms with Crippen molar-refractivity contribution in [2.24, 2.45) is 0 Å². The van der Waals surface area contributed by atoms with Gasteiger partial charge in [-0.2, -0.15) is 0 Å². The number of hydrogen-bond acceptors (Lipinski definition) is 3. The molecule has 0 saturated carbocycles. The van der Waals surface area contributed by atoms with Gasteiger partial charge in [0.05, 0.1) is 0 Å². The van der Waals surface area contributed by atoms with Crippen molar-refractivity contribution < 1.29 is 14.4 Å². The third-order valence-electron chi connectivity index (χ3n) is 3.40. The van der Waals surface area contributed by atoms with Gasteiger partial charge in [0.15, 0.2) is 17.3 Å². The number of Topliss-reactive ketones (excluding diaryl/α,β-unsaturated/α-hetero) is 3. The lowest BCUT2D eigenvalue weighted by atomic mass is 9.78. The molecule has 0 aliphatic heterocycles. The van der Waals surface area contributed by atoms with E-state index in [-0.39, 0.29) is 23.8 Å². The molecule has 1 aromatic carbocycles. The van der Waals surface area contributed by atoms with Crippen LogP contribution in [0.15, 0.2) is 47.1 Å². The fourth-order valence-corrected chi connectivity index (χ4v) is 2.37. The normalized spacial score (nSPS) is 18.5. The van der Waals surface area contributed by atoms with Gasteiger partial charge < -0.3 is 0 Å². The van der Waals surface area contributed by atoms with E-state index >= 15 is 0 Å². The third-order valence-corrected chi connectivity index (χ3v) is 3.40. The number of ketones is 3. The second kappa shape index (κ2) is 3.60. The van der Waals surface area contributed by atoms with E-state index in [0.29, 0.717) is 27.8 Å². The molecular formula is C15H10O3. The van der Waals surface area contributed by atoms with Crippen molar-refractivity contribution in [3.63, 3.8) is 0 Å². The van der Waals surface area contributed by atoms with Gasteiger partial charge in [-0.15, -0.1) is 0 Å². The van der Waals surface area contributed by atoms with Gasteiger partial charge in [-0.05, 0) is 18.6 Å². The molecule has 0 unspecified atom stereocenters. The number of carbonyl (C=O) groups is 3. The van der Waals surface area contributed by atoms with Crippen molar-refractivity contribution in [3.8, 4) is 0 Å². The average Bonchev–Trinajstić information content (AvgIpc) is 2.38. The van der Waals surface area contributed by atoms with Crippen LogP contribution in [-0.2, 0) is 4.79 Å². The molecule has 0 atom stereocenters. The van der Waals surface area contributed by atoms with Gasteiger partial charge in [-0.25, -0.2) is 0 Å². The summed E-state index contributed by atoms with van der Waals surface area (Å²) in [5.41, 5.74) is 2.10. The van der Waals surface area contributed by atoms with Gasteiger partial charge in [0.25, 0.3) is 0 Å². The lowest BCUT2D eigenvalue weighted by Crippen LogP contribution is -2.25. The first-order valence-electron chi connectivity index (χ1n) is 5.72. The summed E-state index contributed by atoms with van der Waals surface area (Å²) < 4.78 is 0. The SMILES string of the molecule is CC1=CC2=C(CC1=O)C(=O)c1ccccc1C2=O. The standard InChI is InChI=1S/C15H10O3/c1-8-6-11-12(7-13(8)16)15(18)10-5-3-2-4-9(10)14(11)17/h2-6H,7H2,1H3. The fourth-order valence-electron chi connectivity index (χ4n) is 2.37. The number of rotatable bonds is 0. The zero-order valence-electron chi connectivity index (χ0n) is 9.82. The highest BCUT2D eigenvalue weighted by Crippen LogP contribution is 2.32. The number of fused-ring (bicyclic) bond motifs is 1. The fraction of sp³-hybridized carbons (Fsp3) is 0.133. The van der Waals surface area contributed by atoms with Crippen LogP contribution in [0.25, 0.3) is 0 Å². The average molecular weight is 238 g/mol. The Balaban J connectivity index is 2.25. The summed E-state index contributed by atoms with van der Waals surface area (Å²) in [6.45, 7) is 1.67. The zero-order valence-corrected chi connectivity index (χ0v) is 9.82. The Morgan fingerprint density at radius 2 is 1.56 bits per heavy atom. The third kappa shape index (κ3) is 1.34. The highest BCUT2D eigenvalue weighted by Gasteiger charge is 2.34. The largest absolute Gasteiger partial charge is 0.294 e. The predicted octanol–water partition coefficient (Wildman–Crippen LogP) is 2.28. The monoisotopic (exact) mass is 238 g/mol. The van der Waals surface area contributed by atoms with Crippen LogP contribution in [0.1, 0.15) is 34.1 Å². The van der Waals surface area contributed by atoms with Crippen molar-refractivity contribution in [2.45, 2.75) is 13.3 Å². The van der Waals surface area contributed by atoms with E-state index in [2.05, 4.69) is 0 Å². The Kier molecular flexibility index (Phi) is 2.17. The van der Waals surface area contributed by atoms with Crippen molar-refractivity contribution in [2.75, 3.05) is 0 Å². The van der Waals surface area contributed by atoms with E-state index in [0.717, 1.165) is 0 Å². The molecule has 0 fully saturated rings. The van der Waals surface area contributed by atoms with Crippen molar-refractivity contribution in [1.29, 1.82) is 0 Å². The van der Waals surface area contributed by atoms with Gasteiger partial charge in [-0.3, -0.25) is 14.4 Å². The number of hydrogen-bond donors (Lipinski definition) is 0. The summed E-state index contributed by atoms with van der Waals surface area (Å²) in [6.07, 6.45) is 1.58. The van der Waals surface area contributed by atoms with E-state index in [1.165, 1.54) is 6.08 Å². The molecule has 0 N–H and O–H groups in total. The number of carbonyl (C=O) groups excluding carboxylic acids is 3. The lowest BCUT2D eigenvalue weighted by Gasteiger charge is -2.22. The van der Waals surface area contributed by atoms with Gasteiger partial charge >= 0.3 is 0 Å². The molecule has 0 amide bonds. The zero-order chi connectivity index (χ0) is 12.9. The number of allylic oxidation sites excluding steroid dienone is 4. The molecule has 0 saturated heterocycles. The van der Waals surface area contributed by atoms with E-state index in [1.807, 2.05) is 0 Å². The summed E-state index contributed by atoms with van der Waals surface area (Å²) in [7, 11) is 0. The maximum Gasteiger partial charge on any atom is 0.194 e. The van der Waals surface area contributed by atoms with E-state index < -0.39 is 0 Å². The quantitative estimate of drug-likeness (QED) is 0.696. The van der Waals surface area contributed by atoms with Crippen LogP contribution in [0, 0.1) is 0 Å². The van der Waals surface area contributed by atoms with Crippen LogP contribution in [0.2, 0.25) is 0 Å². The molecular weight excluding hydrogens is 228 g/mol. The van der Waals surface area contributed by atoms with Crippen molar-refractivity contribution >= 4 is 17.3 Å². The molecule has 3 rings (SSSR count).